The van der Waals surface area contributed by atoms with E-state index in [-0.39, 0.29) is 4.90 Å². The van der Waals surface area contributed by atoms with E-state index in [9.17, 15) is 8.42 Å². The highest BCUT2D eigenvalue weighted by atomic mass is 32.2. The van der Waals surface area contributed by atoms with Gasteiger partial charge in [-0.15, -0.1) is 0 Å². The number of methoxy groups -OCH3 is 1. The van der Waals surface area contributed by atoms with Gasteiger partial charge in [-0.3, -0.25) is 4.72 Å². The number of hydrogen-bond donors (Lipinski definition) is 3. The largest absolute Gasteiger partial charge is 0.497 e. The molecule has 0 radical (unpaired) electrons. The molecule has 0 bridgehead atoms. The molecule has 3 aromatic carbocycles. The fourth-order valence-electron chi connectivity index (χ4n) is 2.71. The molecule has 0 aromatic heterocycles. The summed E-state index contributed by atoms with van der Waals surface area (Å²) in [6, 6.07) is 21.0. The molecule has 0 amide bonds. The van der Waals surface area contributed by atoms with Crippen LogP contribution >= 0.6 is 12.2 Å². The van der Waals surface area contributed by atoms with Gasteiger partial charge >= 0.3 is 0 Å². The Kier molecular flexibility index (Phi) is 6.91. The van der Waals surface area contributed by atoms with Gasteiger partial charge in [0, 0.05) is 17.1 Å². The Bertz CT molecular complexity index is 1100. The minimum atomic E-state index is -3.70. The molecule has 0 aliphatic carbocycles. The van der Waals surface area contributed by atoms with Crippen molar-refractivity contribution in [2.24, 2.45) is 0 Å². The topological polar surface area (TPSA) is 79.5 Å². The van der Waals surface area contributed by atoms with E-state index in [0.29, 0.717) is 22.2 Å². The van der Waals surface area contributed by atoms with E-state index in [2.05, 4.69) is 22.3 Å². The number of hydrogen-bond acceptors (Lipinski definition) is 4. The standard InChI is InChI=1S/C22H23N3O3S2/c1-3-16-4-6-17(7-5-16)23-22(29)24-18-10-14-21(15-11-18)30(26,27)25-19-8-12-20(28-2)13-9-19/h4-15,25H,3H2,1-2H3,(H2,23,24,29). The number of ether oxygens (including phenoxy) is 1. The molecule has 3 N–H and O–H groups in total. The molecular formula is C22H23N3O3S2. The number of benzene rings is 3. The van der Waals surface area contributed by atoms with E-state index in [0.717, 1.165) is 12.1 Å². The van der Waals surface area contributed by atoms with Crippen LogP contribution in [-0.4, -0.2) is 20.6 Å². The molecule has 6 nitrogen and oxygen atoms in total. The third-order valence-electron chi connectivity index (χ3n) is 4.38. The minimum absolute atomic E-state index is 0.151. The highest BCUT2D eigenvalue weighted by Crippen LogP contribution is 2.21. The third kappa shape index (κ3) is 5.71. The lowest BCUT2D eigenvalue weighted by Gasteiger charge is -2.12. The summed E-state index contributed by atoms with van der Waals surface area (Å²) in [6.07, 6.45) is 0.978. The lowest BCUT2D eigenvalue weighted by Crippen LogP contribution is -2.19. The first-order valence-corrected chi connectivity index (χ1v) is 11.2. The SMILES string of the molecule is CCc1ccc(NC(=S)Nc2ccc(S(=O)(=O)Nc3ccc(OC)cc3)cc2)cc1. The van der Waals surface area contributed by atoms with Crippen LogP contribution in [0.4, 0.5) is 17.1 Å². The van der Waals surface area contributed by atoms with Crippen LogP contribution in [-0.2, 0) is 16.4 Å². The van der Waals surface area contributed by atoms with Crippen LogP contribution in [0.3, 0.4) is 0 Å². The summed E-state index contributed by atoms with van der Waals surface area (Å²) < 4.78 is 32.8. The van der Waals surface area contributed by atoms with Crippen molar-refractivity contribution in [2.75, 3.05) is 22.5 Å². The van der Waals surface area contributed by atoms with Crippen molar-refractivity contribution < 1.29 is 13.2 Å². The summed E-state index contributed by atoms with van der Waals surface area (Å²) in [5.41, 5.74) is 3.27. The van der Waals surface area contributed by atoms with Crippen LogP contribution in [0, 0.1) is 0 Å². The van der Waals surface area contributed by atoms with E-state index in [1.165, 1.54) is 17.7 Å². The van der Waals surface area contributed by atoms with Gasteiger partial charge in [-0.1, -0.05) is 19.1 Å². The number of anilines is 3. The predicted molar refractivity (Wildman–Crippen MR) is 126 cm³/mol. The van der Waals surface area contributed by atoms with E-state index < -0.39 is 10.0 Å². The van der Waals surface area contributed by atoms with Crippen molar-refractivity contribution in [2.45, 2.75) is 18.2 Å². The first-order valence-electron chi connectivity index (χ1n) is 9.33. The van der Waals surface area contributed by atoms with Crippen LogP contribution in [0.5, 0.6) is 5.75 Å². The van der Waals surface area contributed by atoms with E-state index in [1.807, 2.05) is 24.3 Å². The molecule has 3 aromatic rings. The van der Waals surface area contributed by atoms with Crippen molar-refractivity contribution in [3.8, 4) is 5.75 Å². The summed E-state index contributed by atoms with van der Waals surface area (Å²) in [5, 5.41) is 6.58. The molecular weight excluding hydrogens is 418 g/mol. The fraction of sp³-hybridized carbons (Fsp3) is 0.136. The van der Waals surface area contributed by atoms with E-state index in [4.69, 9.17) is 17.0 Å². The van der Waals surface area contributed by atoms with Gasteiger partial charge in [0.1, 0.15) is 5.75 Å². The van der Waals surface area contributed by atoms with Crippen molar-refractivity contribution in [3.05, 3.63) is 78.4 Å². The minimum Gasteiger partial charge on any atom is -0.497 e. The Morgan fingerprint density at radius 2 is 1.33 bits per heavy atom. The molecule has 0 saturated heterocycles. The smallest absolute Gasteiger partial charge is 0.261 e. The Labute approximate surface area is 182 Å². The number of aryl methyl sites for hydroxylation is 1. The maximum absolute atomic E-state index is 12.6. The zero-order valence-electron chi connectivity index (χ0n) is 16.7. The number of sulfonamides is 1. The maximum Gasteiger partial charge on any atom is 0.261 e. The van der Waals surface area contributed by atoms with Gasteiger partial charge in [-0.05, 0) is 84.9 Å². The summed E-state index contributed by atoms with van der Waals surface area (Å²) in [5.74, 6) is 0.652. The van der Waals surface area contributed by atoms with Gasteiger partial charge in [0.25, 0.3) is 10.0 Å². The molecule has 0 aliphatic rings. The van der Waals surface area contributed by atoms with Gasteiger partial charge in [-0.25, -0.2) is 8.42 Å². The second-order valence-electron chi connectivity index (χ2n) is 6.49. The van der Waals surface area contributed by atoms with Gasteiger partial charge in [-0.2, -0.15) is 0 Å². The summed E-state index contributed by atoms with van der Waals surface area (Å²) in [7, 11) is -2.15. The van der Waals surface area contributed by atoms with Crippen molar-refractivity contribution in [3.63, 3.8) is 0 Å². The Balaban J connectivity index is 1.62. The van der Waals surface area contributed by atoms with Crippen LogP contribution in [0.25, 0.3) is 0 Å². The highest BCUT2D eigenvalue weighted by molar-refractivity contribution is 7.92. The van der Waals surface area contributed by atoms with Gasteiger partial charge < -0.3 is 15.4 Å². The molecule has 0 atom stereocenters. The summed E-state index contributed by atoms with van der Waals surface area (Å²) in [6.45, 7) is 2.10. The van der Waals surface area contributed by atoms with Gasteiger partial charge in [0.2, 0.25) is 0 Å². The molecule has 156 valence electrons. The zero-order valence-corrected chi connectivity index (χ0v) is 18.3. The quantitative estimate of drug-likeness (QED) is 0.454. The lowest BCUT2D eigenvalue weighted by atomic mass is 10.1. The van der Waals surface area contributed by atoms with Gasteiger partial charge in [0.15, 0.2) is 5.11 Å². The Morgan fingerprint density at radius 3 is 1.83 bits per heavy atom. The third-order valence-corrected chi connectivity index (χ3v) is 5.99. The first kappa shape index (κ1) is 21.6. The van der Waals surface area contributed by atoms with Crippen molar-refractivity contribution >= 4 is 44.4 Å². The fourth-order valence-corrected chi connectivity index (χ4v) is 4.00. The highest BCUT2D eigenvalue weighted by Gasteiger charge is 2.14. The molecule has 0 heterocycles. The van der Waals surface area contributed by atoms with Crippen LogP contribution in [0.2, 0.25) is 0 Å². The monoisotopic (exact) mass is 441 g/mol. The Hall–Kier alpha value is -3.10. The predicted octanol–water partition coefficient (Wildman–Crippen LogP) is 4.87. The van der Waals surface area contributed by atoms with Gasteiger partial charge in [0.05, 0.1) is 12.0 Å². The summed E-state index contributed by atoms with van der Waals surface area (Å²) >= 11 is 5.33. The molecule has 0 unspecified atom stereocenters. The average molecular weight is 442 g/mol. The second-order valence-corrected chi connectivity index (χ2v) is 8.58. The molecule has 3 rings (SSSR count). The van der Waals surface area contributed by atoms with E-state index >= 15 is 0 Å². The van der Waals surface area contributed by atoms with Crippen LogP contribution < -0.4 is 20.1 Å². The molecule has 0 spiro atoms. The number of thiocarbonyl (C=S) groups is 1. The molecule has 0 aliphatic heterocycles. The lowest BCUT2D eigenvalue weighted by molar-refractivity contribution is 0.415. The zero-order chi connectivity index (χ0) is 21.6. The van der Waals surface area contributed by atoms with Crippen molar-refractivity contribution in [1.82, 2.24) is 0 Å². The van der Waals surface area contributed by atoms with Crippen LogP contribution in [0.1, 0.15) is 12.5 Å². The van der Waals surface area contributed by atoms with Crippen LogP contribution in [0.15, 0.2) is 77.7 Å². The number of rotatable bonds is 7. The van der Waals surface area contributed by atoms with E-state index in [1.54, 1.807) is 43.5 Å². The molecule has 30 heavy (non-hydrogen) atoms. The molecule has 8 heteroatoms. The van der Waals surface area contributed by atoms with Crippen molar-refractivity contribution in [1.29, 1.82) is 0 Å². The maximum atomic E-state index is 12.6. The normalized spacial score (nSPS) is 10.9. The Morgan fingerprint density at radius 1 is 0.833 bits per heavy atom. The molecule has 0 fully saturated rings. The summed E-state index contributed by atoms with van der Waals surface area (Å²) in [4.78, 5) is 0.151. The molecule has 0 saturated carbocycles. The first-order chi connectivity index (χ1) is 14.4. The average Bonchev–Trinajstić information content (AvgIpc) is 2.75. The number of nitrogens with one attached hydrogen (secondary N) is 3. The second kappa shape index (κ2) is 9.60.